The van der Waals surface area contributed by atoms with Crippen LogP contribution < -0.4 is 15.4 Å². The zero-order valence-electron chi connectivity index (χ0n) is 19.2. The topological polar surface area (TPSA) is 81.1 Å². The summed E-state index contributed by atoms with van der Waals surface area (Å²) >= 11 is 3.66. The van der Waals surface area contributed by atoms with Crippen molar-refractivity contribution in [1.82, 2.24) is 19.9 Å². The lowest BCUT2D eigenvalue weighted by atomic mass is 9.87. The second-order valence-corrected chi connectivity index (χ2v) is 9.63. The van der Waals surface area contributed by atoms with Gasteiger partial charge in [0.2, 0.25) is 5.95 Å². The monoisotopic (exact) mass is 507 g/mol. The van der Waals surface area contributed by atoms with Crippen molar-refractivity contribution in [3.63, 3.8) is 0 Å². The van der Waals surface area contributed by atoms with Crippen LogP contribution in [0.3, 0.4) is 0 Å². The molecule has 0 aliphatic rings. The first kappa shape index (κ1) is 22.8. The molecule has 2 aromatic heterocycles. The van der Waals surface area contributed by atoms with Crippen molar-refractivity contribution >= 4 is 44.5 Å². The van der Waals surface area contributed by atoms with Gasteiger partial charge >= 0.3 is 0 Å². The predicted molar refractivity (Wildman–Crippen MR) is 135 cm³/mol. The number of pyridine rings is 1. The molecule has 170 valence electrons. The fourth-order valence-corrected chi connectivity index (χ4v) is 4.37. The second-order valence-electron chi connectivity index (χ2n) is 8.77. The summed E-state index contributed by atoms with van der Waals surface area (Å²) in [5.74, 6) is 1.62. The molecular formula is C25H26BrN5O2. The maximum absolute atomic E-state index is 11.8. The summed E-state index contributed by atoms with van der Waals surface area (Å²) in [5, 5.41) is 6.00. The van der Waals surface area contributed by atoms with Crippen LogP contribution in [0.1, 0.15) is 36.8 Å². The average molecular weight is 508 g/mol. The minimum Gasteiger partial charge on any atom is -0.457 e. The number of carbonyl (C=O) groups excluding carboxylic acids is 1. The number of ether oxygens (including phenoxy) is 1. The fourth-order valence-electron chi connectivity index (χ4n) is 3.52. The average Bonchev–Trinajstić information content (AvgIpc) is 3.08. The summed E-state index contributed by atoms with van der Waals surface area (Å²) in [6.45, 7) is 6.57. The van der Waals surface area contributed by atoms with Gasteiger partial charge in [0.05, 0.1) is 11.0 Å². The summed E-state index contributed by atoms with van der Waals surface area (Å²) in [4.78, 5) is 20.7. The Labute approximate surface area is 201 Å². The number of halogens is 1. The van der Waals surface area contributed by atoms with Crippen LogP contribution in [0, 0.1) is 0 Å². The minimum absolute atomic E-state index is 0.0136. The number of aryl methyl sites for hydroxylation is 1. The highest BCUT2D eigenvalue weighted by Crippen LogP contribution is 2.33. The number of anilines is 2. The van der Waals surface area contributed by atoms with E-state index in [4.69, 9.17) is 9.72 Å². The number of nitrogens with zero attached hydrogens (tertiary/aromatic N) is 3. The van der Waals surface area contributed by atoms with Crippen LogP contribution in [0.4, 0.5) is 11.6 Å². The first-order valence-corrected chi connectivity index (χ1v) is 11.3. The third-order valence-electron chi connectivity index (χ3n) is 5.31. The lowest BCUT2D eigenvalue weighted by Crippen LogP contribution is -2.18. The van der Waals surface area contributed by atoms with Crippen LogP contribution in [-0.4, -0.2) is 27.5 Å². The molecule has 2 heterocycles. The van der Waals surface area contributed by atoms with Crippen LogP contribution in [0.2, 0.25) is 0 Å². The van der Waals surface area contributed by atoms with Crippen molar-refractivity contribution in [3.05, 3.63) is 70.5 Å². The van der Waals surface area contributed by atoms with Gasteiger partial charge in [-0.15, -0.1) is 0 Å². The van der Waals surface area contributed by atoms with E-state index in [1.54, 1.807) is 25.4 Å². The Bertz CT molecular complexity index is 1340. The van der Waals surface area contributed by atoms with Crippen molar-refractivity contribution in [2.24, 2.45) is 7.05 Å². The molecule has 2 N–H and O–H groups in total. The molecule has 33 heavy (non-hydrogen) atoms. The van der Waals surface area contributed by atoms with E-state index in [0.29, 0.717) is 17.2 Å². The highest BCUT2D eigenvalue weighted by Gasteiger charge is 2.18. The van der Waals surface area contributed by atoms with Crippen molar-refractivity contribution in [3.8, 4) is 11.5 Å². The summed E-state index contributed by atoms with van der Waals surface area (Å²) in [5.41, 5.74) is 4.27. The Morgan fingerprint density at radius 2 is 1.82 bits per heavy atom. The molecule has 8 heteroatoms. The Kier molecular flexibility index (Phi) is 6.12. The first-order valence-electron chi connectivity index (χ1n) is 10.6. The number of hydrogen-bond donors (Lipinski definition) is 2. The molecule has 0 saturated carbocycles. The molecule has 0 atom stereocenters. The molecule has 0 unspecified atom stereocenters. The van der Waals surface area contributed by atoms with Crippen LogP contribution in [0.15, 0.2) is 59.2 Å². The molecule has 4 aromatic rings. The normalized spacial score (nSPS) is 11.5. The van der Waals surface area contributed by atoms with Gasteiger partial charge < -0.3 is 19.9 Å². The van der Waals surface area contributed by atoms with Crippen LogP contribution in [-0.2, 0) is 12.5 Å². The van der Waals surface area contributed by atoms with E-state index in [1.165, 1.54) is 5.56 Å². The number of hydrogen-bond acceptors (Lipinski definition) is 5. The van der Waals surface area contributed by atoms with Crippen molar-refractivity contribution in [2.45, 2.75) is 26.2 Å². The van der Waals surface area contributed by atoms with Crippen molar-refractivity contribution < 1.29 is 9.53 Å². The number of benzene rings is 2. The Morgan fingerprint density at radius 1 is 1.06 bits per heavy atom. The molecule has 0 fully saturated rings. The molecule has 0 aliphatic carbocycles. The van der Waals surface area contributed by atoms with Gasteiger partial charge in [-0.2, -0.15) is 0 Å². The number of rotatable bonds is 5. The number of aromatic nitrogens is 3. The van der Waals surface area contributed by atoms with E-state index in [-0.39, 0.29) is 11.3 Å². The maximum atomic E-state index is 11.8. The van der Waals surface area contributed by atoms with E-state index >= 15 is 0 Å². The predicted octanol–water partition coefficient (Wildman–Crippen LogP) is 5.92. The third-order valence-corrected chi connectivity index (χ3v) is 6.00. The van der Waals surface area contributed by atoms with Gasteiger partial charge in [0, 0.05) is 42.6 Å². The summed E-state index contributed by atoms with van der Waals surface area (Å²) in [7, 11) is 3.54. The molecule has 0 aliphatic heterocycles. The number of imidazole rings is 1. The molecule has 0 bridgehead atoms. The largest absolute Gasteiger partial charge is 0.457 e. The van der Waals surface area contributed by atoms with Gasteiger partial charge in [0.15, 0.2) is 0 Å². The highest BCUT2D eigenvalue weighted by atomic mass is 79.9. The number of nitrogens with one attached hydrogen (secondary N) is 2. The van der Waals surface area contributed by atoms with E-state index in [1.807, 2.05) is 35.9 Å². The second kappa shape index (κ2) is 8.86. The molecule has 2 aromatic carbocycles. The van der Waals surface area contributed by atoms with Gasteiger partial charge in [-0.3, -0.25) is 9.78 Å². The SMILES string of the molecule is CNC(=O)c1cc(Oc2ccc3c(c2)nc(Nc2ccc(Br)c(C(C)(C)C)c2)n3C)ccn1. The smallest absolute Gasteiger partial charge is 0.269 e. The van der Waals surface area contributed by atoms with E-state index in [9.17, 15) is 4.79 Å². The lowest BCUT2D eigenvalue weighted by Gasteiger charge is -2.22. The Morgan fingerprint density at radius 3 is 2.55 bits per heavy atom. The van der Waals surface area contributed by atoms with Crippen molar-refractivity contribution in [1.29, 1.82) is 0 Å². The third kappa shape index (κ3) is 4.85. The van der Waals surface area contributed by atoms with E-state index in [0.717, 1.165) is 27.1 Å². The summed E-state index contributed by atoms with van der Waals surface area (Å²) < 4.78 is 9.05. The van der Waals surface area contributed by atoms with Gasteiger partial charge in [-0.1, -0.05) is 36.7 Å². The van der Waals surface area contributed by atoms with E-state index < -0.39 is 0 Å². The molecule has 1 amide bonds. The zero-order valence-corrected chi connectivity index (χ0v) is 20.8. The molecule has 4 rings (SSSR count). The van der Waals surface area contributed by atoms with Gasteiger partial charge in [0.1, 0.15) is 17.2 Å². The minimum atomic E-state index is -0.265. The molecular weight excluding hydrogens is 482 g/mol. The number of carbonyl (C=O) groups is 1. The maximum Gasteiger partial charge on any atom is 0.269 e. The molecule has 0 spiro atoms. The Balaban J connectivity index is 1.61. The van der Waals surface area contributed by atoms with Crippen LogP contribution >= 0.6 is 15.9 Å². The zero-order chi connectivity index (χ0) is 23.8. The summed E-state index contributed by atoms with van der Waals surface area (Å²) in [6.07, 6.45) is 1.55. The van der Waals surface area contributed by atoms with Crippen LogP contribution in [0.25, 0.3) is 11.0 Å². The van der Waals surface area contributed by atoms with Gasteiger partial charge in [0.25, 0.3) is 5.91 Å². The molecule has 7 nitrogen and oxygen atoms in total. The van der Waals surface area contributed by atoms with E-state index in [2.05, 4.69) is 64.5 Å². The van der Waals surface area contributed by atoms with Crippen molar-refractivity contribution in [2.75, 3.05) is 12.4 Å². The quantitative estimate of drug-likeness (QED) is 0.350. The first-order chi connectivity index (χ1) is 15.7. The standard InChI is InChI=1S/C25H26BrN5O2/c1-25(2,3)18-12-15(6-8-19(18)26)29-24-30-20-13-16(7-9-22(20)31(24)5)33-17-10-11-28-21(14-17)23(32)27-4/h6-14H,1-5H3,(H,27,32)(H,29,30). The molecule has 0 saturated heterocycles. The van der Waals surface area contributed by atoms with Gasteiger partial charge in [-0.25, -0.2) is 4.98 Å². The fraction of sp³-hybridized carbons (Fsp3) is 0.240. The summed E-state index contributed by atoms with van der Waals surface area (Å²) in [6, 6.07) is 15.3. The number of amides is 1. The highest BCUT2D eigenvalue weighted by molar-refractivity contribution is 9.10. The van der Waals surface area contributed by atoms with Crippen LogP contribution in [0.5, 0.6) is 11.5 Å². The van der Waals surface area contributed by atoms with Gasteiger partial charge in [-0.05, 0) is 47.4 Å². The number of fused-ring (bicyclic) bond motifs is 1. The lowest BCUT2D eigenvalue weighted by molar-refractivity contribution is 0.0958. The molecule has 0 radical (unpaired) electrons. The Hall–Kier alpha value is -3.39.